The zero-order valence-electron chi connectivity index (χ0n) is 16.0. The minimum absolute atomic E-state index is 0.134. The Morgan fingerprint density at radius 2 is 1.61 bits per heavy atom. The molecule has 3 N–H and O–H groups in total. The summed E-state index contributed by atoms with van der Waals surface area (Å²) in [7, 11) is 0. The molecule has 9 heteroatoms. The Labute approximate surface area is 168 Å². The van der Waals surface area contributed by atoms with Crippen molar-refractivity contribution in [2.24, 2.45) is 0 Å². The predicted molar refractivity (Wildman–Crippen MR) is 107 cm³/mol. The number of thiazole rings is 1. The molecule has 0 atom stereocenters. The molecule has 2 aliphatic carbocycles. The number of nitrogens with zero attached hydrogens (tertiary/aromatic N) is 2. The van der Waals surface area contributed by atoms with Gasteiger partial charge in [-0.15, -0.1) is 0 Å². The highest BCUT2D eigenvalue weighted by Crippen LogP contribution is 2.31. The van der Waals surface area contributed by atoms with Gasteiger partial charge in [0.2, 0.25) is 0 Å². The molecule has 0 unspecified atom stereocenters. The minimum Gasteiger partial charge on any atom is -0.480 e. The average Bonchev–Trinajstić information content (AvgIpc) is 3.16. The fourth-order valence-electron chi connectivity index (χ4n) is 4.18. The van der Waals surface area contributed by atoms with Crippen LogP contribution in [-0.4, -0.2) is 51.5 Å². The second kappa shape index (κ2) is 9.86. The molecule has 2 aliphatic rings. The van der Waals surface area contributed by atoms with Crippen LogP contribution in [0.4, 0.5) is 9.93 Å². The van der Waals surface area contributed by atoms with Gasteiger partial charge < -0.3 is 15.3 Å². The van der Waals surface area contributed by atoms with Gasteiger partial charge in [0.1, 0.15) is 11.4 Å². The van der Waals surface area contributed by atoms with Crippen molar-refractivity contribution in [2.75, 3.05) is 11.9 Å². The maximum absolute atomic E-state index is 13.1. The molecule has 3 rings (SSSR count). The Morgan fingerprint density at radius 3 is 2.14 bits per heavy atom. The van der Waals surface area contributed by atoms with Gasteiger partial charge in [0.15, 0.2) is 5.13 Å². The SMILES string of the molecule is O=C(O)CNC(=O)c1cnc(NC(=O)N(C2CCCCC2)C2CCCCC2)s1. The summed E-state index contributed by atoms with van der Waals surface area (Å²) < 4.78 is 0. The van der Waals surface area contributed by atoms with Crippen LogP contribution in [0.25, 0.3) is 0 Å². The summed E-state index contributed by atoms with van der Waals surface area (Å²) in [5.41, 5.74) is 0. The zero-order valence-corrected chi connectivity index (χ0v) is 16.8. The second-order valence-corrected chi connectivity index (χ2v) is 8.56. The van der Waals surface area contributed by atoms with E-state index >= 15 is 0 Å². The smallest absolute Gasteiger partial charge is 0.324 e. The number of carboxylic acids is 1. The highest BCUT2D eigenvalue weighted by molar-refractivity contribution is 7.17. The Bertz CT molecular complexity index is 678. The first-order valence-electron chi connectivity index (χ1n) is 10.1. The van der Waals surface area contributed by atoms with Gasteiger partial charge in [0.05, 0.1) is 6.20 Å². The van der Waals surface area contributed by atoms with Crippen molar-refractivity contribution in [3.8, 4) is 0 Å². The first-order chi connectivity index (χ1) is 13.5. The Hall–Kier alpha value is -2.16. The number of carboxylic acid groups (broad SMARTS) is 1. The maximum Gasteiger partial charge on any atom is 0.324 e. The van der Waals surface area contributed by atoms with E-state index in [4.69, 9.17) is 5.11 Å². The van der Waals surface area contributed by atoms with Gasteiger partial charge in [-0.2, -0.15) is 0 Å². The molecular weight excluding hydrogens is 380 g/mol. The second-order valence-electron chi connectivity index (χ2n) is 7.53. The number of amides is 3. The van der Waals surface area contributed by atoms with Gasteiger partial charge in [-0.05, 0) is 25.7 Å². The van der Waals surface area contributed by atoms with Crippen LogP contribution in [0.1, 0.15) is 73.9 Å². The average molecular weight is 409 g/mol. The molecule has 0 aromatic carbocycles. The van der Waals surface area contributed by atoms with Gasteiger partial charge in [0.25, 0.3) is 5.91 Å². The third kappa shape index (κ3) is 5.43. The highest BCUT2D eigenvalue weighted by atomic mass is 32.1. The van der Waals surface area contributed by atoms with Gasteiger partial charge in [-0.1, -0.05) is 49.9 Å². The molecule has 0 saturated heterocycles. The fourth-order valence-corrected chi connectivity index (χ4v) is 4.91. The van der Waals surface area contributed by atoms with Crippen LogP contribution in [0.5, 0.6) is 0 Å². The molecule has 28 heavy (non-hydrogen) atoms. The number of hydrogen-bond donors (Lipinski definition) is 3. The third-order valence-corrected chi connectivity index (χ3v) is 6.43. The summed E-state index contributed by atoms with van der Waals surface area (Å²) >= 11 is 1.06. The monoisotopic (exact) mass is 408 g/mol. The quantitative estimate of drug-likeness (QED) is 0.667. The van der Waals surface area contributed by atoms with E-state index in [-0.39, 0.29) is 23.0 Å². The van der Waals surface area contributed by atoms with Crippen LogP contribution in [0.3, 0.4) is 0 Å². The van der Waals surface area contributed by atoms with Crippen LogP contribution < -0.4 is 10.6 Å². The number of anilines is 1. The van der Waals surface area contributed by atoms with Crippen LogP contribution in [-0.2, 0) is 4.79 Å². The minimum atomic E-state index is -1.11. The number of carbonyl (C=O) groups is 3. The fraction of sp³-hybridized carbons (Fsp3) is 0.684. The summed E-state index contributed by atoms with van der Waals surface area (Å²) in [5, 5.41) is 14.2. The van der Waals surface area contributed by atoms with Crippen LogP contribution in [0, 0.1) is 0 Å². The summed E-state index contributed by atoms with van der Waals surface area (Å²) in [5.74, 6) is -1.61. The van der Waals surface area contributed by atoms with Crippen molar-refractivity contribution in [2.45, 2.75) is 76.3 Å². The van der Waals surface area contributed by atoms with Crippen molar-refractivity contribution in [1.29, 1.82) is 0 Å². The van der Waals surface area contributed by atoms with E-state index in [0.717, 1.165) is 62.7 Å². The number of urea groups is 1. The summed E-state index contributed by atoms with van der Waals surface area (Å²) in [6, 6.07) is 0.413. The standard InChI is InChI=1S/C19H28N4O4S/c24-16(25)12-20-17(26)15-11-21-18(28-15)22-19(27)23(13-7-3-1-4-8-13)14-9-5-2-6-10-14/h11,13-14H,1-10,12H2,(H,20,26)(H,24,25)(H,21,22,27). The highest BCUT2D eigenvalue weighted by Gasteiger charge is 2.32. The van der Waals surface area contributed by atoms with Gasteiger partial charge >= 0.3 is 12.0 Å². The Morgan fingerprint density at radius 1 is 1.04 bits per heavy atom. The number of hydrogen-bond acceptors (Lipinski definition) is 5. The first-order valence-corrected chi connectivity index (χ1v) is 10.9. The Balaban J connectivity index is 1.65. The molecule has 1 heterocycles. The molecule has 1 aromatic heterocycles. The van der Waals surface area contributed by atoms with E-state index in [1.165, 1.54) is 19.0 Å². The van der Waals surface area contributed by atoms with E-state index in [1.807, 2.05) is 4.90 Å². The van der Waals surface area contributed by atoms with E-state index in [0.29, 0.717) is 5.13 Å². The number of aromatic nitrogens is 1. The van der Waals surface area contributed by atoms with Gasteiger partial charge in [-0.25, -0.2) is 9.78 Å². The lowest BCUT2D eigenvalue weighted by Crippen LogP contribution is -2.50. The number of aliphatic carboxylic acids is 1. The van der Waals surface area contributed by atoms with Crippen molar-refractivity contribution in [3.63, 3.8) is 0 Å². The summed E-state index contributed by atoms with van der Waals surface area (Å²) in [6.07, 6.45) is 12.7. The molecule has 154 valence electrons. The topological polar surface area (TPSA) is 112 Å². The largest absolute Gasteiger partial charge is 0.480 e. The molecule has 3 amide bonds. The lowest BCUT2D eigenvalue weighted by Gasteiger charge is -2.41. The first kappa shape index (κ1) is 20.6. The van der Waals surface area contributed by atoms with E-state index < -0.39 is 18.4 Å². The van der Waals surface area contributed by atoms with Gasteiger partial charge in [0, 0.05) is 12.1 Å². The molecule has 0 bridgehead atoms. The lowest BCUT2D eigenvalue weighted by atomic mass is 9.89. The van der Waals surface area contributed by atoms with Crippen LogP contribution in [0.2, 0.25) is 0 Å². The lowest BCUT2D eigenvalue weighted by molar-refractivity contribution is -0.135. The molecule has 1 aromatic rings. The van der Waals surface area contributed by atoms with Crippen LogP contribution >= 0.6 is 11.3 Å². The molecule has 0 radical (unpaired) electrons. The van der Waals surface area contributed by atoms with Crippen molar-refractivity contribution < 1.29 is 19.5 Å². The Kier molecular flexibility index (Phi) is 7.24. The number of nitrogens with one attached hydrogen (secondary N) is 2. The van der Waals surface area contributed by atoms with Crippen molar-refractivity contribution in [1.82, 2.24) is 15.2 Å². The van der Waals surface area contributed by atoms with E-state index in [9.17, 15) is 14.4 Å². The molecule has 2 saturated carbocycles. The molecular formula is C19H28N4O4S. The molecule has 0 aliphatic heterocycles. The number of rotatable bonds is 6. The zero-order chi connectivity index (χ0) is 19.9. The van der Waals surface area contributed by atoms with Gasteiger partial charge in [-0.3, -0.25) is 14.9 Å². The normalized spacial score (nSPS) is 18.4. The molecule has 0 spiro atoms. The van der Waals surface area contributed by atoms with Crippen LogP contribution in [0.15, 0.2) is 6.20 Å². The predicted octanol–water partition coefficient (Wildman–Crippen LogP) is 3.46. The number of carbonyl (C=O) groups excluding carboxylic acids is 2. The summed E-state index contributed by atoms with van der Waals surface area (Å²) in [6.45, 7) is -0.449. The third-order valence-electron chi connectivity index (χ3n) is 5.51. The molecule has 8 nitrogen and oxygen atoms in total. The summed E-state index contributed by atoms with van der Waals surface area (Å²) in [4.78, 5) is 42.1. The van der Waals surface area contributed by atoms with Crippen molar-refractivity contribution >= 4 is 34.4 Å². The van der Waals surface area contributed by atoms with E-state index in [1.54, 1.807) is 0 Å². The van der Waals surface area contributed by atoms with Crippen molar-refractivity contribution in [3.05, 3.63) is 11.1 Å². The maximum atomic E-state index is 13.1. The molecule has 2 fully saturated rings. The van der Waals surface area contributed by atoms with E-state index in [2.05, 4.69) is 15.6 Å².